The van der Waals surface area contributed by atoms with Crippen molar-refractivity contribution in [3.8, 4) is 5.75 Å². The van der Waals surface area contributed by atoms with Crippen LogP contribution in [0.15, 0.2) is 68.9 Å². The molecule has 1 aromatic rings. The van der Waals surface area contributed by atoms with Crippen molar-refractivity contribution in [3.05, 3.63) is 74.4 Å². The van der Waals surface area contributed by atoms with Gasteiger partial charge in [0, 0.05) is 23.0 Å². The number of ketones is 3. The van der Waals surface area contributed by atoms with Gasteiger partial charge in [0.2, 0.25) is 0 Å². The quantitative estimate of drug-likeness (QED) is 0.187. The summed E-state index contributed by atoms with van der Waals surface area (Å²) >= 11 is 0. The lowest BCUT2D eigenvalue weighted by atomic mass is 9.42. The van der Waals surface area contributed by atoms with Gasteiger partial charge in [-0.15, -0.1) is 0 Å². The normalized spacial score (nSPS) is 30.5. The molecule has 234 valence electrons. The second-order valence-electron chi connectivity index (χ2n) is 15.1. The number of carbonyl (C=O) groups is 4. The fourth-order valence-electron chi connectivity index (χ4n) is 9.30. The molecule has 0 N–H and O–H groups in total. The molecule has 4 unspecified atom stereocenters. The van der Waals surface area contributed by atoms with Gasteiger partial charge < -0.3 is 4.74 Å². The Morgan fingerprint density at radius 1 is 0.977 bits per heavy atom. The molecule has 0 aliphatic heterocycles. The van der Waals surface area contributed by atoms with Crippen LogP contribution in [-0.2, 0) is 19.2 Å². The number of hydrogen-bond donors (Lipinski definition) is 0. The van der Waals surface area contributed by atoms with Crippen LogP contribution >= 0.6 is 0 Å². The molecule has 4 aliphatic carbocycles. The second-order valence-corrected chi connectivity index (χ2v) is 15.1. The molecule has 44 heavy (non-hydrogen) atoms. The predicted molar refractivity (Wildman–Crippen MR) is 173 cm³/mol. The van der Waals surface area contributed by atoms with E-state index in [-0.39, 0.29) is 41.6 Å². The van der Waals surface area contributed by atoms with Crippen LogP contribution < -0.4 is 4.74 Å². The summed E-state index contributed by atoms with van der Waals surface area (Å²) in [4.78, 5) is 54.5. The number of aryl methyl sites for hydroxylation is 1. The number of carbonyl (C=O) groups excluding carboxylic acids is 4. The molecule has 1 saturated carbocycles. The highest BCUT2D eigenvalue weighted by atomic mass is 16.5. The molecule has 1 aromatic carbocycles. The van der Waals surface area contributed by atoms with E-state index in [0.29, 0.717) is 30.6 Å². The van der Waals surface area contributed by atoms with Gasteiger partial charge in [0.05, 0.1) is 11.0 Å². The molecule has 0 aromatic heterocycles. The molecule has 5 rings (SSSR count). The van der Waals surface area contributed by atoms with Gasteiger partial charge in [0.1, 0.15) is 5.75 Å². The maximum atomic E-state index is 14.8. The van der Waals surface area contributed by atoms with Crippen LogP contribution in [0, 0.1) is 35.0 Å². The summed E-state index contributed by atoms with van der Waals surface area (Å²) < 4.78 is 5.61. The molecule has 5 nitrogen and oxygen atoms in total. The van der Waals surface area contributed by atoms with Crippen molar-refractivity contribution in [2.24, 2.45) is 28.1 Å². The van der Waals surface area contributed by atoms with E-state index in [0.717, 1.165) is 46.3 Å². The van der Waals surface area contributed by atoms with Crippen molar-refractivity contribution in [2.75, 3.05) is 0 Å². The van der Waals surface area contributed by atoms with E-state index in [2.05, 4.69) is 34.6 Å². The highest BCUT2D eigenvalue weighted by molar-refractivity contribution is 6.24. The summed E-state index contributed by atoms with van der Waals surface area (Å²) in [5.41, 5.74) is 6.43. The molecule has 0 amide bonds. The van der Waals surface area contributed by atoms with Crippen LogP contribution in [0.3, 0.4) is 0 Å². The maximum absolute atomic E-state index is 14.8. The highest BCUT2D eigenvalue weighted by Crippen LogP contribution is 2.67. The van der Waals surface area contributed by atoms with Gasteiger partial charge in [0.15, 0.2) is 17.3 Å². The maximum Gasteiger partial charge on any atom is 0.311 e. The molecular weight excluding hydrogens is 548 g/mol. The first-order valence-corrected chi connectivity index (χ1v) is 16.2. The Morgan fingerprint density at radius 2 is 1.61 bits per heavy atom. The van der Waals surface area contributed by atoms with Gasteiger partial charge >= 0.3 is 5.97 Å². The summed E-state index contributed by atoms with van der Waals surface area (Å²) in [5, 5.41) is 0. The molecule has 0 bridgehead atoms. The molecule has 1 fully saturated rings. The van der Waals surface area contributed by atoms with Crippen LogP contribution in [0.2, 0.25) is 0 Å². The lowest BCUT2D eigenvalue weighted by Crippen LogP contribution is -2.57. The Kier molecular flexibility index (Phi) is 7.96. The van der Waals surface area contributed by atoms with Crippen molar-refractivity contribution in [2.45, 2.75) is 108 Å². The van der Waals surface area contributed by atoms with Crippen LogP contribution in [0.5, 0.6) is 5.75 Å². The molecule has 4 aliphatic rings. The van der Waals surface area contributed by atoms with E-state index in [9.17, 15) is 19.2 Å². The Labute approximate surface area is 262 Å². The number of fused-ring (bicyclic) bond motifs is 3. The minimum absolute atomic E-state index is 0.0283. The third-order valence-electron chi connectivity index (χ3n) is 11.7. The van der Waals surface area contributed by atoms with Crippen LogP contribution in [0.4, 0.5) is 0 Å². The average Bonchev–Trinajstić information content (AvgIpc) is 2.91. The van der Waals surface area contributed by atoms with Crippen LogP contribution in [-0.4, -0.2) is 23.3 Å². The highest BCUT2D eigenvalue weighted by Gasteiger charge is 2.63. The van der Waals surface area contributed by atoms with E-state index < -0.39 is 16.2 Å². The zero-order valence-corrected chi connectivity index (χ0v) is 28.2. The number of benzene rings is 1. The Bertz CT molecular complexity index is 1610. The molecule has 0 saturated heterocycles. The van der Waals surface area contributed by atoms with Crippen molar-refractivity contribution in [1.82, 2.24) is 0 Å². The fraction of sp³-hybridized carbons (Fsp3) is 0.538. The third-order valence-corrected chi connectivity index (χ3v) is 11.7. The van der Waals surface area contributed by atoms with E-state index in [4.69, 9.17) is 4.74 Å². The van der Waals surface area contributed by atoms with Gasteiger partial charge in [-0.1, -0.05) is 67.7 Å². The Balaban J connectivity index is 1.54. The molecule has 4 atom stereocenters. The standard InChI is InChI=1S/C39H48O5/c1-21(2)29-17-27(13-16-31(41)44-28-14-11-22(3)12-15-28)24(5)33-30(29)19-37(8)20-38(9)18-23(4)32(26(7)40)36(43)39(38,10)25(6)34(37)35(33)42/h11-12,14-15,21,27H,13,16-20H2,1-10H3. The number of rotatable bonds is 6. The SMILES string of the molecule is CC(=O)C1=C(C)CC2(C)CC3(C)CC4=C(C(C)C)CC(CCC(=O)Oc5ccc(C)cc5)C(C)=C4C(=O)C3=C(C)C2(C)C1=O. The van der Waals surface area contributed by atoms with Crippen molar-refractivity contribution in [3.63, 3.8) is 0 Å². The summed E-state index contributed by atoms with van der Waals surface area (Å²) in [6.45, 7) is 20.2. The van der Waals surface area contributed by atoms with Gasteiger partial charge in [-0.05, 0) is 109 Å². The minimum atomic E-state index is -0.928. The second kappa shape index (κ2) is 10.9. The van der Waals surface area contributed by atoms with Gasteiger partial charge in [0.25, 0.3) is 0 Å². The number of esters is 1. The predicted octanol–water partition coefficient (Wildman–Crippen LogP) is 8.56. The van der Waals surface area contributed by atoms with Gasteiger partial charge in [-0.25, -0.2) is 0 Å². The summed E-state index contributed by atoms with van der Waals surface area (Å²) in [5.74, 6) is 0.289. The smallest absolute Gasteiger partial charge is 0.311 e. The summed E-state index contributed by atoms with van der Waals surface area (Å²) in [6.07, 6.45) is 3.83. The summed E-state index contributed by atoms with van der Waals surface area (Å²) in [6, 6.07) is 7.46. The van der Waals surface area contributed by atoms with E-state index >= 15 is 0 Å². The van der Waals surface area contributed by atoms with E-state index in [1.54, 1.807) is 0 Å². The van der Waals surface area contributed by atoms with Crippen molar-refractivity contribution < 1.29 is 23.9 Å². The lowest BCUT2D eigenvalue weighted by Gasteiger charge is -2.60. The van der Waals surface area contributed by atoms with Crippen LogP contribution in [0.1, 0.15) is 106 Å². The minimum Gasteiger partial charge on any atom is -0.427 e. The molecule has 0 radical (unpaired) electrons. The first-order valence-electron chi connectivity index (χ1n) is 16.2. The largest absolute Gasteiger partial charge is 0.427 e. The Morgan fingerprint density at radius 3 is 2.20 bits per heavy atom. The number of ether oxygens (including phenoxy) is 1. The summed E-state index contributed by atoms with van der Waals surface area (Å²) in [7, 11) is 0. The van der Waals surface area contributed by atoms with Crippen molar-refractivity contribution >= 4 is 23.3 Å². The average molecular weight is 597 g/mol. The van der Waals surface area contributed by atoms with E-state index in [1.807, 2.05) is 52.0 Å². The van der Waals surface area contributed by atoms with Crippen molar-refractivity contribution in [1.29, 1.82) is 0 Å². The topological polar surface area (TPSA) is 77.5 Å². The molecule has 0 spiro atoms. The monoisotopic (exact) mass is 596 g/mol. The first kappa shape index (κ1) is 32.1. The van der Waals surface area contributed by atoms with Gasteiger partial charge in [-0.3, -0.25) is 19.2 Å². The number of allylic oxidation sites excluding steroid dienone is 8. The zero-order chi connectivity index (χ0) is 32.5. The zero-order valence-electron chi connectivity index (χ0n) is 28.2. The van der Waals surface area contributed by atoms with Crippen LogP contribution in [0.25, 0.3) is 0 Å². The number of Topliss-reactive ketones (excluding diaryl/α,β-unsaturated/α-hetero) is 3. The lowest BCUT2D eigenvalue weighted by molar-refractivity contribution is -0.136. The molecular formula is C39H48O5. The Hall–Kier alpha value is -3.34. The third kappa shape index (κ3) is 4.82. The number of hydrogen-bond acceptors (Lipinski definition) is 5. The fourth-order valence-corrected chi connectivity index (χ4v) is 9.30. The molecule has 5 heteroatoms. The van der Waals surface area contributed by atoms with E-state index in [1.165, 1.54) is 18.1 Å². The van der Waals surface area contributed by atoms with Gasteiger partial charge in [-0.2, -0.15) is 0 Å². The first-order chi connectivity index (χ1) is 20.4. The molecule has 0 heterocycles.